The Morgan fingerprint density at radius 3 is 2.40 bits per heavy atom. The molecule has 1 aliphatic carbocycles. The normalized spacial score (nSPS) is 32.0. The summed E-state index contributed by atoms with van der Waals surface area (Å²) in [6, 6.07) is 10.8. The predicted octanol–water partition coefficient (Wildman–Crippen LogP) is 2.74. The lowest BCUT2D eigenvalue weighted by Gasteiger charge is -2.46. The summed E-state index contributed by atoms with van der Waals surface area (Å²) in [5.74, 6) is -2.28. The van der Waals surface area contributed by atoms with Crippen molar-refractivity contribution < 1.29 is 18.1 Å². The van der Waals surface area contributed by atoms with Gasteiger partial charge in [-0.1, -0.05) is 18.2 Å². The summed E-state index contributed by atoms with van der Waals surface area (Å²) in [6.07, 6.45) is -2.60. The van der Waals surface area contributed by atoms with Crippen molar-refractivity contribution in [2.45, 2.75) is 43.4 Å². The highest BCUT2D eigenvalue weighted by molar-refractivity contribution is 6.01. The number of nitriles is 3. The first-order valence-electron chi connectivity index (χ1n) is 9.74. The van der Waals surface area contributed by atoms with Crippen molar-refractivity contribution in [3.05, 3.63) is 46.5 Å². The van der Waals surface area contributed by atoms with E-state index in [0.717, 1.165) is 23.8 Å². The zero-order chi connectivity index (χ0) is 21.8. The van der Waals surface area contributed by atoms with Crippen LogP contribution in [0.1, 0.15) is 36.3 Å². The van der Waals surface area contributed by atoms with Crippen LogP contribution in [-0.2, 0) is 6.18 Å². The molecule has 2 aliphatic heterocycles. The fraction of sp³-hybridized carbons (Fsp3) is 0.455. The van der Waals surface area contributed by atoms with Gasteiger partial charge in [0.15, 0.2) is 5.41 Å². The molecule has 1 aromatic carbocycles. The maximum absolute atomic E-state index is 13.9. The van der Waals surface area contributed by atoms with Crippen LogP contribution in [0.25, 0.3) is 0 Å². The Morgan fingerprint density at radius 2 is 1.80 bits per heavy atom. The Labute approximate surface area is 172 Å². The zero-order valence-electron chi connectivity index (χ0n) is 16.2. The third kappa shape index (κ3) is 2.52. The standard InChI is InChI=1S/C22H18F3N5/c1-30-12-6-7-17(30)18-14(8-12)15(9-26)20(29)21(10-27,11-28)19(18)13-4-2-3-5-16(13)22(23,24)25/h2-5,12,15,17,19,29H,6-8H2,1H3/p+1/t12-,15-,17+,19+/m0/s1. The highest BCUT2D eigenvalue weighted by atomic mass is 19.4. The van der Waals surface area contributed by atoms with E-state index in [1.54, 1.807) is 0 Å². The molecule has 5 atom stereocenters. The van der Waals surface area contributed by atoms with Gasteiger partial charge in [0.25, 0.3) is 0 Å². The number of nitrogens with one attached hydrogen (secondary N) is 2. The highest BCUT2D eigenvalue weighted by Gasteiger charge is 2.61. The number of rotatable bonds is 1. The minimum atomic E-state index is -4.67. The molecule has 152 valence electrons. The third-order valence-corrected chi connectivity index (χ3v) is 7.07. The molecule has 1 fully saturated rings. The molecule has 1 aromatic rings. The van der Waals surface area contributed by atoms with Gasteiger partial charge in [0.05, 0.1) is 42.6 Å². The number of quaternary nitrogens is 1. The molecule has 3 aliphatic rings. The summed E-state index contributed by atoms with van der Waals surface area (Å²) in [4.78, 5) is 1.14. The Bertz CT molecular complexity index is 1070. The van der Waals surface area contributed by atoms with Crippen LogP contribution in [0.3, 0.4) is 0 Å². The van der Waals surface area contributed by atoms with Gasteiger partial charge in [-0.05, 0) is 22.8 Å². The molecule has 0 radical (unpaired) electrons. The van der Waals surface area contributed by atoms with Gasteiger partial charge in [-0.15, -0.1) is 0 Å². The molecule has 2 N–H and O–H groups in total. The first kappa shape index (κ1) is 20.1. The molecule has 2 bridgehead atoms. The van der Waals surface area contributed by atoms with Crippen molar-refractivity contribution in [2.24, 2.45) is 11.3 Å². The van der Waals surface area contributed by atoms with E-state index in [-0.39, 0.29) is 17.6 Å². The summed E-state index contributed by atoms with van der Waals surface area (Å²) >= 11 is 0. The van der Waals surface area contributed by atoms with E-state index in [4.69, 9.17) is 5.41 Å². The van der Waals surface area contributed by atoms with Gasteiger partial charge in [-0.3, -0.25) is 0 Å². The van der Waals surface area contributed by atoms with E-state index in [9.17, 15) is 29.0 Å². The molecule has 1 unspecified atom stereocenters. The third-order valence-electron chi connectivity index (χ3n) is 7.07. The molecular formula is C22H19F3N5+. The number of nitrogens with zero attached hydrogens (tertiary/aromatic N) is 3. The summed E-state index contributed by atoms with van der Waals surface area (Å²) in [7, 11) is 1.97. The molecular weight excluding hydrogens is 391 g/mol. The molecule has 0 spiro atoms. The largest absolute Gasteiger partial charge is 0.416 e. The Kier molecular flexibility index (Phi) is 4.49. The van der Waals surface area contributed by atoms with Gasteiger partial charge in [0.2, 0.25) is 0 Å². The van der Waals surface area contributed by atoms with Crippen molar-refractivity contribution in [2.75, 3.05) is 7.05 Å². The van der Waals surface area contributed by atoms with Crippen molar-refractivity contribution in [3.63, 3.8) is 0 Å². The lowest BCUT2D eigenvalue weighted by Crippen LogP contribution is -3.15. The van der Waals surface area contributed by atoms with Crippen LogP contribution in [0.4, 0.5) is 13.2 Å². The van der Waals surface area contributed by atoms with Gasteiger partial charge in [0.1, 0.15) is 12.0 Å². The van der Waals surface area contributed by atoms with E-state index in [2.05, 4.69) is 6.07 Å². The molecule has 5 nitrogen and oxygen atoms in total. The SMILES string of the molecule is C[NH+]1[C@H]2CC[C@@H]1C1=C(C2)[C@H](C#N)C(=N)C(C#N)(C#N)[C@@H]1c1ccccc1C(F)(F)F. The second-order valence-corrected chi connectivity index (χ2v) is 8.28. The predicted molar refractivity (Wildman–Crippen MR) is 100 cm³/mol. The van der Waals surface area contributed by atoms with Crippen LogP contribution in [0.2, 0.25) is 0 Å². The first-order valence-corrected chi connectivity index (χ1v) is 9.74. The lowest BCUT2D eigenvalue weighted by molar-refractivity contribution is -0.913. The Balaban J connectivity index is 2.09. The van der Waals surface area contributed by atoms with Gasteiger partial charge in [-0.2, -0.15) is 29.0 Å². The van der Waals surface area contributed by atoms with E-state index < -0.39 is 34.7 Å². The number of fused-ring (bicyclic) bond motifs is 3. The van der Waals surface area contributed by atoms with Gasteiger partial charge >= 0.3 is 6.18 Å². The number of likely N-dealkylation sites (N-methyl/N-ethyl adjacent to an activating group) is 1. The maximum atomic E-state index is 13.9. The lowest BCUT2D eigenvalue weighted by atomic mass is 9.56. The van der Waals surface area contributed by atoms with Crippen molar-refractivity contribution in [1.82, 2.24) is 0 Å². The van der Waals surface area contributed by atoms with Gasteiger partial charge < -0.3 is 10.3 Å². The quantitative estimate of drug-likeness (QED) is 0.697. The number of hydrogen-bond acceptors (Lipinski definition) is 4. The van der Waals surface area contributed by atoms with E-state index >= 15 is 0 Å². The average molecular weight is 410 g/mol. The Morgan fingerprint density at radius 1 is 1.13 bits per heavy atom. The zero-order valence-corrected chi connectivity index (χ0v) is 16.2. The van der Waals surface area contributed by atoms with Crippen molar-refractivity contribution in [1.29, 1.82) is 21.2 Å². The maximum Gasteiger partial charge on any atom is 0.416 e. The molecule has 0 aromatic heterocycles. The van der Waals surface area contributed by atoms with E-state index in [0.29, 0.717) is 17.6 Å². The summed E-state index contributed by atoms with van der Waals surface area (Å²) in [5, 5.41) is 38.5. The minimum Gasteiger partial charge on any atom is -0.329 e. The average Bonchev–Trinajstić information content (AvgIpc) is 2.95. The Hall–Kier alpha value is -3.15. The molecule has 1 saturated heterocycles. The number of hydrogen-bond donors (Lipinski definition) is 2. The molecule has 30 heavy (non-hydrogen) atoms. The monoisotopic (exact) mass is 410 g/mol. The molecule has 0 amide bonds. The highest BCUT2D eigenvalue weighted by Crippen LogP contribution is 2.55. The molecule has 4 rings (SSSR count). The fourth-order valence-electron chi connectivity index (χ4n) is 5.67. The van der Waals surface area contributed by atoms with E-state index in [1.165, 1.54) is 18.2 Å². The topological polar surface area (TPSA) is 99.7 Å². The number of benzene rings is 1. The smallest absolute Gasteiger partial charge is 0.329 e. The second-order valence-electron chi connectivity index (χ2n) is 8.28. The van der Waals surface area contributed by atoms with Crippen molar-refractivity contribution in [3.8, 4) is 18.2 Å². The fourth-order valence-corrected chi connectivity index (χ4v) is 5.67. The van der Waals surface area contributed by atoms with Crippen LogP contribution in [-0.4, -0.2) is 24.8 Å². The summed E-state index contributed by atoms with van der Waals surface area (Å²) in [6.45, 7) is 0. The number of alkyl halides is 3. The number of halogens is 3. The van der Waals surface area contributed by atoms with Crippen LogP contribution in [0.5, 0.6) is 0 Å². The summed E-state index contributed by atoms with van der Waals surface area (Å²) in [5.41, 5.74) is -2.41. The van der Waals surface area contributed by atoms with E-state index in [1.807, 2.05) is 19.2 Å². The molecule has 0 saturated carbocycles. The molecule has 2 heterocycles. The van der Waals surface area contributed by atoms with Crippen LogP contribution < -0.4 is 4.90 Å². The summed E-state index contributed by atoms with van der Waals surface area (Å²) < 4.78 is 41.7. The van der Waals surface area contributed by atoms with Crippen LogP contribution >= 0.6 is 0 Å². The molecule has 8 heteroatoms. The minimum absolute atomic E-state index is 0.167. The first-order chi connectivity index (χ1) is 14.2. The van der Waals surface area contributed by atoms with Gasteiger partial charge in [-0.25, -0.2) is 0 Å². The van der Waals surface area contributed by atoms with Gasteiger partial charge in [0, 0.05) is 25.2 Å². The van der Waals surface area contributed by atoms with Crippen molar-refractivity contribution >= 4 is 5.71 Å². The second kappa shape index (κ2) is 6.69. The van der Waals surface area contributed by atoms with Crippen LogP contribution in [0.15, 0.2) is 35.4 Å². The van der Waals surface area contributed by atoms with Crippen LogP contribution in [0, 0.1) is 50.7 Å².